The standard InChI is InChI=1S/C30H29FN6O7/c1-5-43-25-15-37(28-27(30(2,40)16-38)33-10-11-34-28)36-26(25)29(39)35-20-7-6-17(12-19(20)31)44-22-8-9-32-21-14-24(42-4)23(41-3)13-18(21)22/h6-15,38,40H,5,16H2,1-4H3,(H,35,39). The van der Waals surface area contributed by atoms with Gasteiger partial charge >= 0.3 is 0 Å². The summed E-state index contributed by atoms with van der Waals surface area (Å²) in [7, 11) is 3.04. The number of methoxy groups -OCH3 is 2. The maximum Gasteiger partial charge on any atom is 0.280 e. The maximum atomic E-state index is 15.2. The van der Waals surface area contributed by atoms with Gasteiger partial charge in [0.15, 0.2) is 28.8 Å². The Morgan fingerprint density at radius 1 is 1.00 bits per heavy atom. The minimum Gasteiger partial charge on any atom is -0.493 e. The monoisotopic (exact) mass is 604 g/mol. The van der Waals surface area contributed by atoms with E-state index in [0.29, 0.717) is 28.2 Å². The number of carbonyl (C=O) groups is 1. The zero-order valence-electron chi connectivity index (χ0n) is 24.2. The number of halogens is 1. The van der Waals surface area contributed by atoms with Crippen LogP contribution in [0.3, 0.4) is 0 Å². The summed E-state index contributed by atoms with van der Waals surface area (Å²) in [5.41, 5.74) is -1.42. The lowest BCUT2D eigenvalue weighted by Crippen LogP contribution is -2.29. The molecule has 14 heteroatoms. The second-order valence-electron chi connectivity index (χ2n) is 9.61. The van der Waals surface area contributed by atoms with Crippen molar-refractivity contribution in [2.24, 2.45) is 0 Å². The molecule has 2 aromatic carbocycles. The van der Waals surface area contributed by atoms with Gasteiger partial charge in [-0.05, 0) is 38.1 Å². The molecule has 0 radical (unpaired) electrons. The molecule has 0 bridgehead atoms. The number of fused-ring (bicyclic) bond motifs is 1. The number of rotatable bonds is 11. The van der Waals surface area contributed by atoms with Crippen molar-refractivity contribution in [3.63, 3.8) is 0 Å². The summed E-state index contributed by atoms with van der Waals surface area (Å²) < 4.78 is 38.7. The van der Waals surface area contributed by atoms with Crippen LogP contribution in [0.4, 0.5) is 10.1 Å². The lowest BCUT2D eigenvalue weighted by molar-refractivity contribution is -0.00625. The molecule has 3 aromatic heterocycles. The van der Waals surface area contributed by atoms with E-state index in [1.165, 1.54) is 56.5 Å². The Hall–Kier alpha value is -5.34. The number of nitrogens with zero attached hydrogens (tertiary/aromatic N) is 5. The predicted octanol–water partition coefficient (Wildman–Crippen LogP) is 4.01. The quantitative estimate of drug-likeness (QED) is 0.200. The van der Waals surface area contributed by atoms with Crippen LogP contribution in [-0.2, 0) is 5.60 Å². The second-order valence-corrected chi connectivity index (χ2v) is 9.61. The van der Waals surface area contributed by atoms with Crippen LogP contribution in [0, 0.1) is 5.82 Å². The summed E-state index contributed by atoms with van der Waals surface area (Å²) in [5, 5.41) is 27.6. The van der Waals surface area contributed by atoms with Crippen molar-refractivity contribution in [1.29, 1.82) is 0 Å². The number of aromatic nitrogens is 5. The fraction of sp³-hybridized carbons (Fsp3) is 0.233. The molecule has 3 N–H and O–H groups in total. The number of ether oxygens (including phenoxy) is 4. The third-order valence-electron chi connectivity index (χ3n) is 6.53. The van der Waals surface area contributed by atoms with Gasteiger partial charge in [0.05, 0.1) is 44.8 Å². The zero-order chi connectivity index (χ0) is 31.4. The Kier molecular flexibility index (Phi) is 8.55. The van der Waals surface area contributed by atoms with Crippen molar-refractivity contribution in [2.75, 3.05) is 32.8 Å². The van der Waals surface area contributed by atoms with Crippen LogP contribution in [0.1, 0.15) is 30.0 Å². The molecular formula is C30H29FN6O7. The van der Waals surface area contributed by atoms with Crippen molar-refractivity contribution >= 4 is 22.5 Å². The van der Waals surface area contributed by atoms with Gasteiger partial charge in [-0.2, -0.15) is 5.10 Å². The summed E-state index contributed by atoms with van der Waals surface area (Å²) in [5.74, 6) is 0.186. The Morgan fingerprint density at radius 2 is 1.75 bits per heavy atom. The molecule has 44 heavy (non-hydrogen) atoms. The zero-order valence-corrected chi connectivity index (χ0v) is 24.2. The molecule has 0 aliphatic heterocycles. The van der Waals surface area contributed by atoms with Gasteiger partial charge in [0.1, 0.15) is 28.6 Å². The number of hydrogen-bond donors (Lipinski definition) is 3. The first-order valence-corrected chi connectivity index (χ1v) is 13.4. The number of benzene rings is 2. The number of amides is 1. The number of pyridine rings is 1. The lowest BCUT2D eigenvalue weighted by Gasteiger charge is -2.21. The Bertz CT molecular complexity index is 1830. The van der Waals surface area contributed by atoms with Gasteiger partial charge in [0, 0.05) is 36.1 Å². The summed E-state index contributed by atoms with van der Waals surface area (Å²) >= 11 is 0. The number of aliphatic hydroxyl groups excluding tert-OH is 1. The van der Waals surface area contributed by atoms with E-state index >= 15 is 4.39 Å². The van der Waals surface area contributed by atoms with Crippen LogP contribution < -0.4 is 24.3 Å². The Morgan fingerprint density at radius 3 is 2.45 bits per heavy atom. The van der Waals surface area contributed by atoms with Crippen molar-refractivity contribution in [3.05, 3.63) is 78.4 Å². The molecule has 0 fully saturated rings. The van der Waals surface area contributed by atoms with Crippen LogP contribution in [0.2, 0.25) is 0 Å². The van der Waals surface area contributed by atoms with Crippen LogP contribution in [0.15, 0.2) is 61.2 Å². The number of carbonyl (C=O) groups excluding carboxylic acids is 1. The minimum absolute atomic E-state index is 0.0289. The highest BCUT2D eigenvalue weighted by Gasteiger charge is 2.30. The lowest BCUT2D eigenvalue weighted by atomic mass is 10.0. The van der Waals surface area contributed by atoms with Crippen molar-refractivity contribution in [1.82, 2.24) is 24.7 Å². The fourth-order valence-electron chi connectivity index (χ4n) is 4.34. The highest BCUT2D eigenvalue weighted by Crippen LogP contribution is 2.37. The topological polar surface area (TPSA) is 163 Å². The molecule has 13 nitrogen and oxygen atoms in total. The van der Waals surface area contributed by atoms with Crippen LogP contribution in [0.25, 0.3) is 16.7 Å². The molecule has 1 atom stereocenters. The van der Waals surface area contributed by atoms with Gasteiger partial charge in [-0.3, -0.25) is 14.8 Å². The summed E-state index contributed by atoms with van der Waals surface area (Å²) in [6.07, 6.45) is 5.66. The third-order valence-corrected chi connectivity index (χ3v) is 6.53. The smallest absolute Gasteiger partial charge is 0.280 e. The first-order chi connectivity index (χ1) is 21.2. The number of nitrogens with one attached hydrogen (secondary N) is 1. The molecule has 0 saturated heterocycles. The fourth-order valence-corrected chi connectivity index (χ4v) is 4.34. The van der Waals surface area contributed by atoms with Crippen LogP contribution >= 0.6 is 0 Å². The van der Waals surface area contributed by atoms with Crippen molar-refractivity contribution in [2.45, 2.75) is 19.4 Å². The highest BCUT2D eigenvalue weighted by atomic mass is 19.1. The second kappa shape index (κ2) is 12.5. The molecule has 1 amide bonds. The van der Waals surface area contributed by atoms with Gasteiger partial charge in [-0.15, -0.1) is 0 Å². The first-order valence-electron chi connectivity index (χ1n) is 13.4. The summed E-state index contributed by atoms with van der Waals surface area (Å²) in [4.78, 5) is 25.9. The third kappa shape index (κ3) is 5.93. The van der Waals surface area contributed by atoms with Crippen molar-refractivity contribution in [3.8, 4) is 34.6 Å². The molecule has 228 valence electrons. The predicted molar refractivity (Wildman–Crippen MR) is 156 cm³/mol. The number of hydrogen-bond acceptors (Lipinski definition) is 11. The van der Waals surface area contributed by atoms with Gasteiger partial charge in [-0.25, -0.2) is 14.1 Å². The van der Waals surface area contributed by atoms with Gasteiger partial charge in [-0.1, -0.05) is 0 Å². The van der Waals surface area contributed by atoms with E-state index in [9.17, 15) is 15.0 Å². The van der Waals surface area contributed by atoms with E-state index in [2.05, 4.69) is 25.4 Å². The van der Waals surface area contributed by atoms with E-state index in [1.54, 1.807) is 31.3 Å². The highest BCUT2D eigenvalue weighted by molar-refractivity contribution is 6.04. The van der Waals surface area contributed by atoms with Gasteiger partial charge in [0.25, 0.3) is 5.91 Å². The van der Waals surface area contributed by atoms with Gasteiger partial charge in [0.2, 0.25) is 0 Å². The Balaban J connectivity index is 1.40. The molecule has 5 rings (SSSR count). The molecule has 0 aliphatic rings. The van der Waals surface area contributed by atoms with Crippen LogP contribution in [-0.4, -0.2) is 68.3 Å². The van der Waals surface area contributed by atoms with Crippen molar-refractivity contribution < 1.29 is 38.3 Å². The van der Waals surface area contributed by atoms with E-state index in [0.717, 1.165) is 6.07 Å². The van der Waals surface area contributed by atoms with E-state index < -0.39 is 23.9 Å². The van der Waals surface area contributed by atoms with E-state index in [4.69, 9.17) is 18.9 Å². The molecule has 3 heterocycles. The van der Waals surface area contributed by atoms with Crippen LogP contribution in [0.5, 0.6) is 28.7 Å². The molecular weight excluding hydrogens is 575 g/mol. The SMILES string of the molecule is CCOc1cn(-c2nccnc2C(C)(O)CO)nc1C(=O)Nc1ccc(Oc2ccnc3cc(OC)c(OC)cc23)cc1F. The average molecular weight is 605 g/mol. The van der Waals surface area contributed by atoms with Gasteiger partial charge < -0.3 is 34.5 Å². The van der Waals surface area contributed by atoms with E-state index in [1.807, 2.05) is 0 Å². The minimum atomic E-state index is -1.74. The number of aliphatic hydroxyl groups is 2. The molecule has 0 aliphatic carbocycles. The summed E-state index contributed by atoms with van der Waals surface area (Å²) in [6.45, 7) is 2.66. The average Bonchev–Trinajstić information content (AvgIpc) is 3.46. The molecule has 0 spiro atoms. The first kappa shape index (κ1) is 30.1. The molecule has 5 aromatic rings. The Labute approximate surface area is 250 Å². The molecule has 1 unspecified atom stereocenters. The maximum absolute atomic E-state index is 15.2. The normalized spacial score (nSPS) is 12.4. The van der Waals surface area contributed by atoms with E-state index in [-0.39, 0.29) is 41.0 Å². The number of anilines is 1. The summed E-state index contributed by atoms with van der Waals surface area (Å²) in [6, 6.07) is 9.04. The molecule has 0 saturated carbocycles. The largest absolute Gasteiger partial charge is 0.493 e.